The van der Waals surface area contributed by atoms with Gasteiger partial charge in [-0.1, -0.05) is 6.07 Å². The van der Waals surface area contributed by atoms with Gasteiger partial charge >= 0.3 is 0 Å². The lowest BCUT2D eigenvalue weighted by Crippen LogP contribution is -2.26. The number of amides is 1. The number of para-hydroxylation sites is 1. The van der Waals surface area contributed by atoms with Crippen LogP contribution >= 0.6 is 15.9 Å². The molecule has 2 rings (SSSR count). The van der Waals surface area contributed by atoms with E-state index in [1.165, 1.54) is 0 Å². The van der Waals surface area contributed by atoms with Crippen molar-refractivity contribution in [1.82, 2.24) is 14.9 Å². The quantitative estimate of drug-likeness (QED) is 0.653. The second kappa shape index (κ2) is 6.38. The molecule has 1 amide bonds. The van der Waals surface area contributed by atoms with Crippen molar-refractivity contribution in [3.05, 3.63) is 47.0 Å². The van der Waals surface area contributed by atoms with E-state index in [0.717, 1.165) is 17.4 Å². The maximum absolute atomic E-state index is 11.9. The smallest absolute Gasteiger partial charge is 0.253 e. The summed E-state index contributed by atoms with van der Waals surface area (Å²) in [7, 11) is 0. The van der Waals surface area contributed by atoms with Crippen LogP contribution in [0.15, 0.2) is 41.4 Å². The van der Waals surface area contributed by atoms with E-state index in [1.54, 1.807) is 24.7 Å². The Kier molecular flexibility index (Phi) is 4.57. The topological polar surface area (TPSA) is 72.9 Å². The van der Waals surface area contributed by atoms with Crippen LogP contribution in [0, 0.1) is 0 Å². The van der Waals surface area contributed by atoms with Gasteiger partial charge in [0, 0.05) is 30.0 Å². The zero-order chi connectivity index (χ0) is 13.7. The van der Waals surface area contributed by atoms with Crippen molar-refractivity contribution < 1.29 is 4.79 Å². The van der Waals surface area contributed by atoms with Crippen LogP contribution < -0.4 is 11.1 Å². The molecule has 6 heteroatoms. The number of nitrogen functional groups attached to an aromatic ring is 1. The lowest BCUT2D eigenvalue weighted by molar-refractivity contribution is 0.0953. The molecule has 0 fully saturated rings. The van der Waals surface area contributed by atoms with E-state index in [9.17, 15) is 4.79 Å². The van der Waals surface area contributed by atoms with Gasteiger partial charge < -0.3 is 15.6 Å². The number of hydrogen-bond donors (Lipinski definition) is 2. The van der Waals surface area contributed by atoms with Crippen LogP contribution in [0.3, 0.4) is 0 Å². The second-order valence-corrected chi connectivity index (χ2v) is 4.97. The zero-order valence-electron chi connectivity index (χ0n) is 10.3. The van der Waals surface area contributed by atoms with Crippen LogP contribution in [0.5, 0.6) is 0 Å². The molecule has 0 atom stereocenters. The van der Waals surface area contributed by atoms with Gasteiger partial charge in [0.1, 0.15) is 0 Å². The van der Waals surface area contributed by atoms with Gasteiger partial charge in [-0.2, -0.15) is 0 Å². The number of hydrogen-bond acceptors (Lipinski definition) is 3. The molecule has 0 unspecified atom stereocenters. The third-order valence-corrected chi connectivity index (χ3v) is 3.43. The lowest BCUT2D eigenvalue weighted by Gasteiger charge is -2.08. The summed E-state index contributed by atoms with van der Waals surface area (Å²) in [5.74, 6) is -0.149. The van der Waals surface area contributed by atoms with E-state index in [1.807, 2.05) is 16.8 Å². The molecule has 0 bridgehead atoms. The van der Waals surface area contributed by atoms with E-state index in [2.05, 4.69) is 26.2 Å². The molecule has 5 nitrogen and oxygen atoms in total. The monoisotopic (exact) mass is 322 g/mol. The first kappa shape index (κ1) is 13.6. The minimum absolute atomic E-state index is 0.149. The Bertz CT molecular complexity index is 554. The number of anilines is 1. The molecule has 0 radical (unpaired) electrons. The van der Waals surface area contributed by atoms with Crippen LogP contribution in [0.2, 0.25) is 0 Å². The minimum atomic E-state index is -0.149. The summed E-state index contributed by atoms with van der Waals surface area (Å²) < 4.78 is 2.71. The fourth-order valence-electron chi connectivity index (χ4n) is 1.71. The standard InChI is InChI=1S/C13H15BrN4O/c14-11-4-1-3-10(12(11)15)13(19)17-5-2-7-18-8-6-16-9-18/h1,3-4,6,8-9H,2,5,7,15H2,(H,17,19). The maximum Gasteiger partial charge on any atom is 0.253 e. The highest BCUT2D eigenvalue weighted by molar-refractivity contribution is 9.10. The molecule has 0 spiro atoms. The van der Waals surface area contributed by atoms with Crippen molar-refractivity contribution in [2.45, 2.75) is 13.0 Å². The van der Waals surface area contributed by atoms with Crippen molar-refractivity contribution >= 4 is 27.5 Å². The molecule has 3 N–H and O–H groups in total. The number of aromatic nitrogens is 2. The average molecular weight is 323 g/mol. The summed E-state index contributed by atoms with van der Waals surface area (Å²) in [5.41, 5.74) is 6.81. The largest absolute Gasteiger partial charge is 0.397 e. The van der Waals surface area contributed by atoms with Gasteiger partial charge in [-0.25, -0.2) is 4.98 Å². The molecular formula is C13H15BrN4O. The Balaban J connectivity index is 1.83. The predicted octanol–water partition coefficient (Wildman–Crippen LogP) is 2.05. The Morgan fingerprint density at radius 1 is 1.47 bits per heavy atom. The average Bonchev–Trinajstić information content (AvgIpc) is 2.91. The number of nitrogens with two attached hydrogens (primary N) is 1. The third kappa shape index (κ3) is 3.57. The van der Waals surface area contributed by atoms with Crippen LogP contribution in [-0.2, 0) is 6.54 Å². The molecule has 0 saturated heterocycles. The van der Waals surface area contributed by atoms with Crippen molar-refractivity contribution in [3.63, 3.8) is 0 Å². The predicted molar refractivity (Wildman–Crippen MR) is 77.7 cm³/mol. The summed E-state index contributed by atoms with van der Waals surface area (Å²) >= 11 is 3.31. The number of rotatable bonds is 5. The van der Waals surface area contributed by atoms with Gasteiger partial charge in [-0.15, -0.1) is 0 Å². The number of carbonyl (C=O) groups is 1. The fourth-order valence-corrected chi connectivity index (χ4v) is 2.08. The van der Waals surface area contributed by atoms with Gasteiger partial charge in [0.25, 0.3) is 5.91 Å². The fraction of sp³-hybridized carbons (Fsp3) is 0.231. The Morgan fingerprint density at radius 2 is 2.32 bits per heavy atom. The number of nitrogens with one attached hydrogen (secondary N) is 1. The zero-order valence-corrected chi connectivity index (χ0v) is 11.9. The van der Waals surface area contributed by atoms with Gasteiger partial charge in [0.05, 0.1) is 17.6 Å². The molecule has 0 aliphatic heterocycles. The Hall–Kier alpha value is -1.82. The Labute approximate surface area is 120 Å². The summed E-state index contributed by atoms with van der Waals surface area (Å²) in [4.78, 5) is 15.9. The van der Waals surface area contributed by atoms with Crippen LogP contribution in [0.25, 0.3) is 0 Å². The molecule has 1 aromatic heterocycles. The minimum Gasteiger partial charge on any atom is -0.397 e. The van der Waals surface area contributed by atoms with Crippen molar-refractivity contribution in [1.29, 1.82) is 0 Å². The summed E-state index contributed by atoms with van der Waals surface area (Å²) in [6.45, 7) is 1.43. The molecule has 0 aliphatic carbocycles. The number of aryl methyl sites for hydroxylation is 1. The SMILES string of the molecule is Nc1c(Br)cccc1C(=O)NCCCn1ccnc1. The maximum atomic E-state index is 11.9. The summed E-state index contributed by atoms with van der Waals surface area (Å²) in [5, 5.41) is 2.86. The van der Waals surface area contributed by atoms with Gasteiger partial charge in [-0.3, -0.25) is 4.79 Å². The molecule has 100 valence electrons. The van der Waals surface area contributed by atoms with E-state index in [-0.39, 0.29) is 5.91 Å². The van der Waals surface area contributed by atoms with Crippen LogP contribution in [0.4, 0.5) is 5.69 Å². The number of nitrogens with zero attached hydrogens (tertiary/aromatic N) is 2. The van der Waals surface area contributed by atoms with Crippen molar-refractivity contribution in [3.8, 4) is 0 Å². The highest BCUT2D eigenvalue weighted by atomic mass is 79.9. The second-order valence-electron chi connectivity index (χ2n) is 4.11. The summed E-state index contributed by atoms with van der Waals surface area (Å²) in [6.07, 6.45) is 6.24. The first-order chi connectivity index (χ1) is 9.18. The van der Waals surface area contributed by atoms with E-state index in [0.29, 0.717) is 17.8 Å². The van der Waals surface area contributed by atoms with E-state index >= 15 is 0 Å². The first-order valence-electron chi connectivity index (χ1n) is 5.96. The molecule has 0 aliphatic rings. The van der Waals surface area contributed by atoms with E-state index in [4.69, 9.17) is 5.73 Å². The number of carbonyl (C=O) groups excluding carboxylic acids is 1. The number of halogens is 1. The third-order valence-electron chi connectivity index (χ3n) is 2.74. The molecule has 1 aromatic carbocycles. The van der Waals surface area contributed by atoms with Crippen molar-refractivity contribution in [2.24, 2.45) is 0 Å². The first-order valence-corrected chi connectivity index (χ1v) is 6.75. The normalized spacial score (nSPS) is 10.4. The molecule has 19 heavy (non-hydrogen) atoms. The number of benzene rings is 1. The van der Waals surface area contributed by atoms with Gasteiger partial charge in [0.15, 0.2) is 0 Å². The van der Waals surface area contributed by atoms with Gasteiger partial charge in [-0.05, 0) is 34.5 Å². The molecule has 1 heterocycles. The Morgan fingerprint density at radius 3 is 3.05 bits per heavy atom. The lowest BCUT2D eigenvalue weighted by atomic mass is 10.1. The van der Waals surface area contributed by atoms with E-state index < -0.39 is 0 Å². The highest BCUT2D eigenvalue weighted by Crippen LogP contribution is 2.22. The van der Waals surface area contributed by atoms with Gasteiger partial charge in [0.2, 0.25) is 0 Å². The number of imidazole rings is 1. The van der Waals surface area contributed by atoms with Crippen LogP contribution in [0.1, 0.15) is 16.8 Å². The highest BCUT2D eigenvalue weighted by Gasteiger charge is 2.10. The molecular weight excluding hydrogens is 308 g/mol. The van der Waals surface area contributed by atoms with Crippen molar-refractivity contribution in [2.75, 3.05) is 12.3 Å². The van der Waals surface area contributed by atoms with Crippen LogP contribution in [-0.4, -0.2) is 22.0 Å². The molecule has 2 aromatic rings. The molecule has 0 saturated carbocycles. The summed E-state index contributed by atoms with van der Waals surface area (Å²) in [6, 6.07) is 5.32.